The molecule has 3 rings (SSSR count). The van der Waals surface area contributed by atoms with Crippen molar-refractivity contribution in [2.24, 2.45) is 0 Å². The molecule has 174 valence electrons. The lowest BCUT2D eigenvalue weighted by Gasteiger charge is -2.11. The van der Waals surface area contributed by atoms with Crippen molar-refractivity contribution < 1.29 is 22.7 Å². The van der Waals surface area contributed by atoms with Gasteiger partial charge in [-0.25, -0.2) is 0 Å². The van der Waals surface area contributed by atoms with Crippen LogP contribution in [0, 0.1) is 0 Å². The van der Waals surface area contributed by atoms with Crippen LogP contribution in [-0.2, 0) is 24.1 Å². The highest BCUT2D eigenvalue weighted by Crippen LogP contribution is 2.31. The van der Waals surface area contributed by atoms with Gasteiger partial charge in [0.25, 0.3) is 0 Å². The second-order valence-corrected chi connectivity index (χ2v) is 8.36. The normalized spacial score (nSPS) is 11.3. The van der Waals surface area contributed by atoms with E-state index >= 15 is 0 Å². The minimum Gasteiger partial charge on any atom is -0.486 e. The first kappa shape index (κ1) is 24.9. The zero-order valence-corrected chi connectivity index (χ0v) is 19.2. The van der Waals surface area contributed by atoms with Gasteiger partial charge < -0.3 is 10.1 Å². The van der Waals surface area contributed by atoms with Crippen LogP contribution in [0.2, 0.25) is 10.0 Å². The molecule has 1 N–H and O–H groups in total. The van der Waals surface area contributed by atoms with Gasteiger partial charge in [-0.1, -0.05) is 47.1 Å². The third-order valence-electron chi connectivity index (χ3n) is 4.17. The second-order valence-electron chi connectivity index (χ2n) is 6.57. The number of nitrogens with zero attached hydrogens (tertiary/aromatic N) is 3. The van der Waals surface area contributed by atoms with Crippen LogP contribution < -0.4 is 10.1 Å². The quantitative estimate of drug-likeness (QED) is 0.275. The van der Waals surface area contributed by atoms with Crippen molar-refractivity contribution in [2.75, 3.05) is 11.1 Å². The molecule has 1 amide bonds. The van der Waals surface area contributed by atoms with Gasteiger partial charge in [0.1, 0.15) is 12.4 Å². The Morgan fingerprint density at radius 2 is 2.00 bits per heavy atom. The molecule has 0 spiro atoms. The SMILES string of the molecule is C=CCn1c(COc2cccc(C(F)(F)F)c2)nnc1SCC(=O)Nc1ccc(Cl)cc1Cl. The molecule has 3 aromatic rings. The summed E-state index contributed by atoms with van der Waals surface area (Å²) in [6.07, 6.45) is -2.86. The van der Waals surface area contributed by atoms with E-state index in [9.17, 15) is 18.0 Å². The van der Waals surface area contributed by atoms with Crippen molar-refractivity contribution in [1.82, 2.24) is 14.8 Å². The van der Waals surface area contributed by atoms with E-state index < -0.39 is 11.7 Å². The minimum absolute atomic E-state index is 0.0166. The number of ether oxygens (including phenoxy) is 1. The number of hydrogen-bond acceptors (Lipinski definition) is 5. The Morgan fingerprint density at radius 1 is 1.21 bits per heavy atom. The summed E-state index contributed by atoms with van der Waals surface area (Å²) in [5.74, 6) is 0.115. The van der Waals surface area contributed by atoms with Crippen molar-refractivity contribution in [2.45, 2.75) is 24.5 Å². The first-order valence-corrected chi connectivity index (χ1v) is 11.1. The summed E-state index contributed by atoms with van der Waals surface area (Å²) < 4.78 is 45.8. The van der Waals surface area contributed by atoms with E-state index in [0.717, 1.165) is 23.9 Å². The van der Waals surface area contributed by atoms with E-state index in [4.69, 9.17) is 27.9 Å². The van der Waals surface area contributed by atoms with E-state index in [1.54, 1.807) is 22.8 Å². The molecule has 1 aromatic heterocycles. The number of alkyl halides is 3. The van der Waals surface area contributed by atoms with Gasteiger partial charge in [0, 0.05) is 11.6 Å². The zero-order chi connectivity index (χ0) is 24.0. The number of allylic oxidation sites excluding steroid dienone is 1. The Labute approximate surface area is 201 Å². The molecule has 0 aliphatic rings. The first-order chi connectivity index (χ1) is 15.7. The van der Waals surface area contributed by atoms with Crippen LogP contribution >= 0.6 is 35.0 Å². The van der Waals surface area contributed by atoms with E-state index in [2.05, 4.69) is 22.1 Å². The number of hydrogen-bond donors (Lipinski definition) is 1. The van der Waals surface area contributed by atoms with Gasteiger partial charge in [-0.3, -0.25) is 9.36 Å². The number of thioether (sulfide) groups is 1. The molecular formula is C21H17Cl2F3N4O2S. The molecule has 2 aromatic carbocycles. The number of carbonyl (C=O) groups is 1. The Morgan fingerprint density at radius 3 is 2.70 bits per heavy atom. The Kier molecular flexibility index (Phi) is 8.28. The molecular weight excluding hydrogens is 500 g/mol. The van der Waals surface area contributed by atoms with E-state index in [0.29, 0.717) is 33.3 Å². The Hall–Kier alpha value is -2.69. The minimum atomic E-state index is -4.47. The van der Waals surface area contributed by atoms with Crippen LogP contribution in [0.3, 0.4) is 0 Å². The Bertz CT molecular complexity index is 1150. The predicted octanol–water partition coefficient (Wildman–Crippen LogP) is 6.10. The third kappa shape index (κ3) is 6.89. The number of amides is 1. The summed E-state index contributed by atoms with van der Waals surface area (Å²) in [5.41, 5.74) is -0.384. The highest BCUT2D eigenvalue weighted by molar-refractivity contribution is 7.99. The van der Waals surface area contributed by atoms with Crippen LogP contribution in [0.1, 0.15) is 11.4 Å². The van der Waals surface area contributed by atoms with Crippen LogP contribution in [0.4, 0.5) is 18.9 Å². The van der Waals surface area contributed by atoms with E-state index in [1.807, 2.05) is 0 Å². The molecule has 0 saturated carbocycles. The molecule has 0 saturated heterocycles. The maximum Gasteiger partial charge on any atom is 0.416 e. The maximum atomic E-state index is 12.9. The van der Waals surface area contributed by atoms with Crippen LogP contribution in [-0.4, -0.2) is 26.4 Å². The second kappa shape index (κ2) is 11.0. The summed E-state index contributed by atoms with van der Waals surface area (Å²) in [4.78, 5) is 12.3. The third-order valence-corrected chi connectivity index (χ3v) is 5.69. The molecule has 12 heteroatoms. The summed E-state index contributed by atoms with van der Waals surface area (Å²) >= 11 is 13.0. The molecule has 0 aliphatic carbocycles. The molecule has 0 unspecified atom stereocenters. The van der Waals surface area contributed by atoms with Crippen molar-refractivity contribution >= 4 is 46.6 Å². The fourth-order valence-corrected chi connectivity index (χ4v) is 3.88. The van der Waals surface area contributed by atoms with Crippen molar-refractivity contribution in [3.63, 3.8) is 0 Å². The predicted molar refractivity (Wildman–Crippen MR) is 122 cm³/mol. The topological polar surface area (TPSA) is 69.0 Å². The fraction of sp³-hybridized carbons (Fsp3) is 0.190. The molecule has 0 bridgehead atoms. The molecule has 0 aliphatic heterocycles. The maximum absolute atomic E-state index is 12.9. The summed E-state index contributed by atoms with van der Waals surface area (Å²) in [6.45, 7) is 3.89. The van der Waals surface area contributed by atoms with Crippen molar-refractivity contribution in [3.8, 4) is 5.75 Å². The lowest BCUT2D eigenvalue weighted by Crippen LogP contribution is -2.15. The number of nitrogens with one attached hydrogen (secondary N) is 1. The lowest BCUT2D eigenvalue weighted by atomic mass is 10.2. The van der Waals surface area contributed by atoms with Crippen LogP contribution in [0.5, 0.6) is 5.75 Å². The van der Waals surface area contributed by atoms with Gasteiger partial charge in [-0.15, -0.1) is 16.8 Å². The molecule has 1 heterocycles. The van der Waals surface area contributed by atoms with Crippen LogP contribution in [0.15, 0.2) is 60.3 Å². The van der Waals surface area contributed by atoms with Gasteiger partial charge in [0.15, 0.2) is 11.0 Å². The highest BCUT2D eigenvalue weighted by atomic mass is 35.5. The summed E-state index contributed by atoms with van der Waals surface area (Å²) in [6, 6.07) is 9.28. The largest absolute Gasteiger partial charge is 0.486 e. The molecule has 0 atom stereocenters. The number of anilines is 1. The number of benzene rings is 2. The fourth-order valence-electron chi connectivity index (χ4n) is 2.66. The number of carbonyl (C=O) groups excluding carboxylic acids is 1. The van der Waals surface area contributed by atoms with Crippen molar-refractivity contribution in [1.29, 1.82) is 0 Å². The summed E-state index contributed by atoms with van der Waals surface area (Å²) in [5, 5.41) is 12.0. The standard InChI is InChI=1S/C21H17Cl2F3N4O2S/c1-2-8-30-18(11-32-15-5-3-4-13(9-15)21(24,25)26)28-29-20(30)33-12-19(31)27-17-7-6-14(22)10-16(17)23/h2-7,9-10H,1,8,11-12H2,(H,27,31). The molecule has 6 nitrogen and oxygen atoms in total. The Balaban J connectivity index is 1.64. The first-order valence-electron chi connectivity index (χ1n) is 9.38. The van der Waals surface area contributed by atoms with E-state index in [-0.39, 0.29) is 24.0 Å². The van der Waals surface area contributed by atoms with Gasteiger partial charge in [-0.2, -0.15) is 13.2 Å². The van der Waals surface area contributed by atoms with E-state index in [1.165, 1.54) is 18.2 Å². The van der Waals surface area contributed by atoms with Gasteiger partial charge in [0.05, 0.1) is 22.0 Å². The molecule has 0 radical (unpaired) electrons. The van der Waals surface area contributed by atoms with Crippen molar-refractivity contribution in [3.05, 3.63) is 76.6 Å². The molecule has 33 heavy (non-hydrogen) atoms. The monoisotopic (exact) mass is 516 g/mol. The number of aromatic nitrogens is 3. The summed E-state index contributed by atoms with van der Waals surface area (Å²) in [7, 11) is 0. The lowest BCUT2D eigenvalue weighted by molar-refractivity contribution is -0.137. The van der Waals surface area contributed by atoms with Gasteiger partial charge in [0.2, 0.25) is 5.91 Å². The van der Waals surface area contributed by atoms with Crippen LogP contribution in [0.25, 0.3) is 0 Å². The number of halogens is 5. The van der Waals surface area contributed by atoms with Gasteiger partial charge >= 0.3 is 6.18 Å². The average molecular weight is 517 g/mol. The number of rotatable bonds is 9. The average Bonchev–Trinajstić information content (AvgIpc) is 3.14. The highest BCUT2D eigenvalue weighted by Gasteiger charge is 2.30. The van der Waals surface area contributed by atoms with Gasteiger partial charge in [-0.05, 0) is 36.4 Å². The smallest absolute Gasteiger partial charge is 0.416 e. The molecule has 0 fully saturated rings. The zero-order valence-electron chi connectivity index (χ0n) is 16.9.